The lowest BCUT2D eigenvalue weighted by Gasteiger charge is -2.43. The summed E-state index contributed by atoms with van der Waals surface area (Å²) in [6, 6.07) is 7.94. The van der Waals surface area contributed by atoms with Crippen LogP contribution in [0.1, 0.15) is 34.0 Å². The van der Waals surface area contributed by atoms with Gasteiger partial charge in [-0.1, -0.05) is 6.07 Å². The summed E-state index contributed by atoms with van der Waals surface area (Å²) in [5, 5.41) is 0. The van der Waals surface area contributed by atoms with Crippen LogP contribution in [-0.4, -0.2) is 54.6 Å². The van der Waals surface area contributed by atoms with Gasteiger partial charge in [-0.3, -0.25) is 9.59 Å². The molecule has 1 fully saturated rings. The van der Waals surface area contributed by atoms with Crippen molar-refractivity contribution in [2.45, 2.75) is 25.4 Å². The summed E-state index contributed by atoms with van der Waals surface area (Å²) < 4.78 is 20.6. The van der Waals surface area contributed by atoms with Crippen LogP contribution in [0, 0.1) is 11.7 Å². The summed E-state index contributed by atoms with van der Waals surface area (Å²) >= 11 is 0. The Morgan fingerprint density at radius 1 is 1.21 bits per heavy atom. The van der Waals surface area contributed by atoms with Gasteiger partial charge in [0.05, 0.1) is 12.7 Å². The number of amides is 1. The van der Waals surface area contributed by atoms with E-state index in [9.17, 15) is 14.0 Å². The van der Waals surface area contributed by atoms with Gasteiger partial charge in [0.2, 0.25) is 0 Å². The van der Waals surface area contributed by atoms with Crippen LogP contribution < -0.4 is 10.3 Å². The Morgan fingerprint density at radius 2 is 2.00 bits per heavy atom. The third kappa shape index (κ3) is 3.67. The quantitative estimate of drug-likeness (QED) is 0.792. The van der Waals surface area contributed by atoms with Crippen LogP contribution in [0.2, 0.25) is 0 Å². The second-order valence-corrected chi connectivity index (χ2v) is 8.29. The van der Waals surface area contributed by atoms with E-state index >= 15 is 0 Å². The highest BCUT2D eigenvalue weighted by Crippen LogP contribution is 2.36. The van der Waals surface area contributed by atoms with Crippen LogP contribution in [-0.2, 0) is 13.1 Å². The molecule has 0 N–H and O–H groups in total. The molecule has 1 aromatic heterocycles. The number of benzene rings is 1. The molecule has 1 saturated heterocycles. The summed E-state index contributed by atoms with van der Waals surface area (Å²) in [7, 11) is 5.33. The molecule has 1 amide bonds. The average molecular weight is 399 g/mol. The molecule has 3 heterocycles. The molecule has 2 aliphatic rings. The zero-order chi connectivity index (χ0) is 20.7. The van der Waals surface area contributed by atoms with Gasteiger partial charge in [0.1, 0.15) is 11.6 Å². The summed E-state index contributed by atoms with van der Waals surface area (Å²) in [6.07, 6.45) is 0.969. The smallest absolute Gasteiger partial charge is 0.257 e. The van der Waals surface area contributed by atoms with E-state index in [0.29, 0.717) is 31.7 Å². The van der Waals surface area contributed by atoms with Crippen molar-refractivity contribution >= 4 is 5.91 Å². The van der Waals surface area contributed by atoms with Gasteiger partial charge in [-0.25, -0.2) is 4.39 Å². The minimum Gasteiger partial charge on any atom is -0.496 e. The van der Waals surface area contributed by atoms with E-state index in [1.54, 1.807) is 0 Å². The summed E-state index contributed by atoms with van der Waals surface area (Å²) in [5.74, 6) is 0.00551. The number of hydrogen-bond acceptors (Lipinski definition) is 4. The fourth-order valence-corrected chi connectivity index (χ4v) is 4.63. The van der Waals surface area contributed by atoms with Gasteiger partial charge in [0.25, 0.3) is 11.5 Å². The van der Waals surface area contributed by atoms with E-state index in [0.717, 1.165) is 17.7 Å². The molecule has 2 atom stereocenters. The minimum absolute atomic E-state index is 0.0749. The lowest BCUT2D eigenvalue weighted by molar-refractivity contribution is 0.0591. The zero-order valence-corrected chi connectivity index (χ0v) is 17.0. The number of likely N-dealkylation sites (tertiary alicyclic amines) is 1. The molecule has 0 radical (unpaired) electrons. The van der Waals surface area contributed by atoms with Crippen LogP contribution in [0.15, 0.2) is 35.1 Å². The van der Waals surface area contributed by atoms with Gasteiger partial charge >= 0.3 is 0 Å². The van der Waals surface area contributed by atoms with E-state index in [1.807, 2.05) is 40.6 Å². The molecule has 4 rings (SSSR count). The molecule has 6 nitrogen and oxygen atoms in total. The van der Waals surface area contributed by atoms with Crippen LogP contribution in [0.3, 0.4) is 0 Å². The Kier molecular flexibility index (Phi) is 5.17. The maximum absolute atomic E-state index is 13.5. The normalized spacial score (nSPS) is 20.5. The molecule has 0 spiro atoms. The average Bonchev–Trinajstić information content (AvgIpc) is 2.69. The first-order valence-corrected chi connectivity index (χ1v) is 9.87. The van der Waals surface area contributed by atoms with Crippen molar-refractivity contribution in [3.63, 3.8) is 0 Å². The van der Waals surface area contributed by atoms with Crippen molar-refractivity contribution in [3.8, 4) is 5.75 Å². The van der Waals surface area contributed by atoms with Crippen molar-refractivity contribution in [1.82, 2.24) is 14.4 Å². The molecule has 0 unspecified atom stereocenters. The van der Waals surface area contributed by atoms with Crippen molar-refractivity contribution in [2.24, 2.45) is 5.92 Å². The largest absolute Gasteiger partial charge is 0.496 e. The number of halogens is 1. The summed E-state index contributed by atoms with van der Waals surface area (Å²) in [4.78, 5) is 29.9. The van der Waals surface area contributed by atoms with Crippen molar-refractivity contribution in [1.29, 1.82) is 0 Å². The van der Waals surface area contributed by atoms with Crippen LogP contribution in [0.4, 0.5) is 4.39 Å². The number of carbonyl (C=O) groups is 1. The number of methoxy groups -OCH3 is 1. The molecule has 1 aromatic carbocycles. The Bertz CT molecular complexity index is 1000. The number of pyridine rings is 1. The predicted molar refractivity (Wildman–Crippen MR) is 108 cm³/mol. The van der Waals surface area contributed by atoms with E-state index in [1.165, 1.54) is 25.3 Å². The number of aromatic nitrogens is 1. The van der Waals surface area contributed by atoms with Crippen LogP contribution in [0.5, 0.6) is 5.75 Å². The fraction of sp³-hybridized carbons (Fsp3) is 0.455. The van der Waals surface area contributed by atoms with Gasteiger partial charge in [-0.05, 0) is 44.6 Å². The first-order valence-electron chi connectivity index (χ1n) is 9.87. The number of fused-ring (bicyclic) bond motifs is 4. The molecule has 2 aliphatic heterocycles. The summed E-state index contributed by atoms with van der Waals surface area (Å²) in [5.41, 5.74) is 2.23. The monoisotopic (exact) mass is 399 g/mol. The van der Waals surface area contributed by atoms with Gasteiger partial charge in [0.15, 0.2) is 0 Å². The Labute approximate surface area is 169 Å². The number of rotatable bonds is 4. The van der Waals surface area contributed by atoms with E-state index < -0.39 is 5.82 Å². The van der Waals surface area contributed by atoms with Gasteiger partial charge in [0, 0.05) is 49.4 Å². The van der Waals surface area contributed by atoms with E-state index in [-0.39, 0.29) is 29.1 Å². The maximum atomic E-state index is 13.5. The zero-order valence-electron chi connectivity index (χ0n) is 17.0. The topological polar surface area (TPSA) is 54.8 Å². The molecule has 0 aliphatic carbocycles. The first kappa shape index (κ1) is 19.6. The predicted octanol–water partition coefficient (Wildman–Crippen LogP) is 2.32. The molecular formula is C22H26FN3O3. The number of piperidine rings is 1. The fourth-order valence-electron chi connectivity index (χ4n) is 4.63. The van der Waals surface area contributed by atoms with Gasteiger partial charge in [-0.15, -0.1) is 0 Å². The number of nitrogens with zero attached hydrogens (tertiary/aromatic N) is 3. The van der Waals surface area contributed by atoms with Crippen molar-refractivity contribution in [3.05, 3.63) is 63.3 Å². The standard InChI is InChI=1S/C22H26FN3O3/c1-24(2)12-15-4-7-19-16-8-14(11-26(19)21(15)27)10-25(13-16)22(28)18-6-5-17(23)9-20(18)29-3/h4-7,9,14,16H,8,10-13H2,1-3H3/t14-,16+/m0/s1. The maximum Gasteiger partial charge on any atom is 0.257 e. The third-order valence-electron chi connectivity index (χ3n) is 5.85. The lowest BCUT2D eigenvalue weighted by Crippen LogP contribution is -2.49. The molecule has 7 heteroatoms. The molecule has 0 saturated carbocycles. The number of hydrogen-bond donors (Lipinski definition) is 0. The molecular weight excluding hydrogens is 373 g/mol. The molecule has 2 aromatic rings. The molecule has 29 heavy (non-hydrogen) atoms. The molecule has 2 bridgehead atoms. The highest BCUT2D eigenvalue weighted by molar-refractivity contribution is 5.97. The Balaban J connectivity index is 1.61. The number of carbonyl (C=O) groups excluding carboxylic acids is 1. The van der Waals surface area contributed by atoms with Crippen molar-refractivity contribution < 1.29 is 13.9 Å². The second-order valence-electron chi connectivity index (χ2n) is 8.29. The Hall–Kier alpha value is -2.67. The minimum atomic E-state index is -0.434. The van der Waals surface area contributed by atoms with Crippen molar-refractivity contribution in [2.75, 3.05) is 34.3 Å². The van der Waals surface area contributed by atoms with Gasteiger partial charge in [-0.2, -0.15) is 0 Å². The second kappa shape index (κ2) is 7.63. The van der Waals surface area contributed by atoms with Crippen LogP contribution >= 0.6 is 0 Å². The van der Waals surface area contributed by atoms with E-state index in [2.05, 4.69) is 0 Å². The summed E-state index contributed by atoms with van der Waals surface area (Å²) in [6.45, 7) is 2.36. The Morgan fingerprint density at radius 3 is 2.72 bits per heavy atom. The highest BCUT2D eigenvalue weighted by atomic mass is 19.1. The highest BCUT2D eigenvalue weighted by Gasteiger charge is 2.37. The van der Waals surface area contributed by atoms with E-state index in [4.69, 9.17) is 4.74 Å². The lowest BCUT2D eigenvalue weighted by atomic mass is 9.82. The first-order chi connectivity index (χ1) is 13.9. The SMILES string of the molecule is COc1cc(F)ccc1C(=O)N1C[C@@H]2C[C@H](C1)c1ccc(CN(C)C)c(=O)n1C2. The van der Waals surface area contributed by atoms with Crippen LogP contribution in [0.25, 0.3) is 0 Å². The van der Waals surface area contributed by atoms with Gasteiger partial charge < -0.3 is 19.1 Å². The number of ether oxygens (including phenoxy) is 1. The molecule has 154 valence electrons. The third-order valence-corrected chi connectivity index (χ3v) is 5.85.